The van der Waals surface area contributed by atoms with Crippen molar-refractivity contribution in [1.29, 1.82) is 0 Å². The molecule has 0 radical (unpaired) electrons. The van der Waals surface area contributed by atoms with Gasteiger partial charge in [-0.3, -0.25) is 4.79 Å². The number of fused-ring (bicyclic) bond motifs is 5. The molecule has 0 bridgehead atoms. The summed E-state index contributed by atoms with van der Waals surface area (Å²) in [5.41, 5.74) is 5.64. The third-order valence-corrected chi connectivity index (χ3v) is 6.41. The number of halogens is 1. The number of benzene rings is 3. The van der Waals surface area contributed by atoms with Crippen LogP contribution in [0.15, 0.2) is 60.7 Å². The minimum atomic E-state index is -0.317. The van der Waals surface area contributed by atoms with Crippen LogP contribution in [-0.2, 0) is 11.8 Å². The minimum absolute atomic E-state index is 0.0672. The molecule has 1 nitrogen and oxygen atoms in total. The number of carbonyl (C=O) groups excluding carboxylic acids is 1. The fraction of sp³-hybridized carbons (Fsp3) is 0.222. The predicted molar refractivity (Wildman–Crippen MR) is 116 cm³/mol. The Hall–Kier alpha value is -3.00. The highest BCUT2D eigenvalue weighted by Gasteiger charge is 2.33. The van der Waals surface area contributed by atoms with Gasteiger partial charge in [-0.25, -0.2) is 4.39 Å². The number of ketones is 1. The maximum absolute atomic E-state index is 13.3. The number of carbonyl (C=O) groups is 1. The van der Waals surface area contributed by atoms with Gasteiger partial charge in [-0.1, -0.05) is 62.4 Å². The van der Waals surface area contributed by atoms with Crippen molar-refractivity contribution in [2.75, 3.05) is 0 Å². The Morgan fingerprint density at radius 2 is 1.69 bits per heavy atom. The molecule has 2 aliphatic rings. The Morgan fingerprint density at radius 1 is 0.931 bits per heavy atom. The third kappa shape index (κ3) is 2.95. The second-order valence-corrected chi connectivity index (χ2v) is 8.79. The van der Waals surface area contributed by atoms with Gasteiger partial charge in [0.15, 0.2) is 5.78 Å². The lowest BCUT2D eigenvalue weighted by atomic mass is 9.69. The summed E-state index contributed by atoms with van der Waals surface area (Å²) in [4.78, 5) is 13.2. The van der Waals surface area contributed by atoms with E-state index in [2.05, 4.69) is 62.4 Å². The first kappa shape index (κ1) is 18.1. The molecule has 0 spiro atoms. The molecule has 3 aromatic rings. The molecule has 2 heteroatoms. The predicted octanol–water partition coefficient (Wildman–Crippen LogP) is 4.79. The molecule has 3 aromatic carbocycles. The van der Waals surface area contributed by atoms with Crippen LogP contribution in [0.5, 0.6) is 0 Å². The first-order valence-corrected chi connectivity index (χ1v) is 10.2. The molecule has 5 rings (SSSR count). The van der Waals surface area contributed by atoms with Crippen LogP contribution >= 0.6 is 0 Å². The lowest BCUT2D eigenvalue weighted by Gasteiger charge is -2.34. The average Bonchev–Trinajstić information content (AvgIpc) is 2.72. The molecule has 0 amide bonds. The number of hydrogen-bond acceptors (Lipinski definition) is 1. The van der Waals surface area contributed by atoms with Gasteiger partial charge in [0, 0.05) is 11.5 Å². The second-order valence-electron chi connectivity index (χ2n) is 8.79. The Balaban J connectivity index is 1.69. The van der Waals surface area contributed by atoms with E-state index in [1.165, 1.54) is 44.8 Å². The summed E-state index contributed by atoms with van der Waals surface area (Å²) in [6.07, 6.45) is 6.11. The van der Waals surface area contributed by atoms with Gasteiger partial charge in [-0.15, -0.1) is 0 Å². The highest BCUT2D eigenvalue weighted by Crippen LogP contribution is 2.35. The van der Waals surface area contributed by atoms with Gasteiger partial charge in [0.1, 0.15) is 5.82 Å². The Kier molecular flexibility index (Phi) is 4.06. The number of Topliss-reactive ketones (excluding diaryl/α,β-unsaturated/α-hetero) is 1. The number of rotatable bonds is 2. The first-order chi connectivity index (χ1) is 13.9. The van der Waals surface area contributed by atoms with Gasteiger partial charge in [-0.05, 0) is 75.2 Å². The van der Waals surface area contributed by atoms with E-state index in [-0.39, 0.29) is 22.9 Å². The standard InChI is InChI=1S/C27H23FO/c1-27(2)16-19(26(29)18-7-10-20(28)11-8-18)15-24-23-12-9-17-5-3-4-6-21(17)22(23)13-14-25(24)27/h3-8,10-15,19H,9,16H2,1-2H3. The van der Waals surface area contributed by atoms with E-state index < -0.39 is 0 Å². The van der Waals surface area contributed by atoms with Crippen LogP contribution in [0.1, 0.15) is 41.8 Å². The van der Waals surface area contributed by atoms with Gasteiger partial charge >= 0.3 is 0 Å². The molecule has 0 saturated carbocycles. The van der Waals surface area contributed by atoms with Crippen molar-refractivity contribution in [2.24, 2.45) is 5.92 Å². The van der Waals surface area contributed by atoms with Gasteiger partial charge in [0.05, 0.1) is 0 Å². The summed E-state index contributed by atoms with van der Waals surface area (Å²) < 4.78 is 13.3. The molecule has 0 saturated heterocycles. The monoisotopic (exact) mass is 382 g/mol. The molecule has 2 aliphatic carbocycles. The zero-order valence-corrected chi connectivity index (χ0v) is 16.7. The van der Waals surface area contributed by atoms with E-state index in [9.17, 15) is 9.18 Å². The third-order valence-electron chi connectivity index (χ3n) is 6.41. The smallest absolute Gasteiger partial charge is 0.169 e. The van der Waals surface area contributed by atoms with Crippen LogP contribution in [0.25, 0.3) is 23.3 Å². The van der Waals surface area contributed by atoms with E-state index in [0.29, 0.717) is 5.56 Å². The van der Waals surface area contributed by atoms with E-state index in [0.717, 1.165) is 12.8 Å². The van der Waals surface area contributed by atoms with Crippen molar-refractivity contribution in [3.63, 3.8) is 0 Å². The minimum Gasteiger partial charge on any atom is -0.294 e. The SMILES string of the molecule is CC1(C)CC(C(=O)c2ccc(F)cc2)C=c2c1ccc1c2=CCc2ccccc2-1. The Labute approximate surface area is 170 Å². The van der Waals surface area contributed by atoms with Gasteiger partial charge in [0.25, 0.3) is 0 Å². The normalized spacial score (nSPS) is 18.5. The van der Waals surface area contributed by atoms with Crippen LogP contribution in [0.2, 0.25) is 0 Å². The summed E-state index contributed by atoms with van der Waals surface area (Å²) in [5.74, 6) is -0.459. The van der Waals surface area contributed by atoms with Gasteiger partial charge < -0.3 is 0 Å². The van der Waals surface area contributed by atoms with E-state index in [4.69, 9.17) is 0 Å². The lowest BCUT2D eigenvalue weighted by molar-refractivity contribution is 0.0933. The van der Waals surface area contributed by atoms with Crippen LogP contribution in [0.3, 0.4) is 0 Å². The van der Waals surface area contributed by atoms with Crippen molar-refractivity contribution in [3.05, 3.63) is 93.6 Å². The molecule has 29 heavy (non-hydrogen) atoms. The van der Waals surface area contributed by atoms with Gasteiger partial charge in [0.2, 0.25) is 0 Å². The highest BCUT2D eigenvalue weighted by molar-refractivity contribution is 6.01. The molecule has 0 heterocycles. The molecule has 144 valence electrons. The summed E-state index contributed by atoms with van der Waals surface area (Å²) in [5, 5.41) is 2.43. The maximum Gasteiger partial charge on any atom is 0.169 e. The molecular formula is C27H23FO. The molecule has 0 aromatic heterocycles. The molecule has 0 fully saturated rings. The van der Waals surface area contributed by atoms with Crippen molar-refractivity contribution in [2.45, 2.75) is 32.1 Å². The van der Waals surface area contributed by atoms with Gasteiger partial charge in [-0.2, -0.15) is 0 Å². The second kappa shape index (κ2) is 6.52. The van der Waals surface area contributed by atoms with E-state index in [1.807, 2.05) is 0 Å². The molecule has 1 atom stereocenters. The van der Waals surface area contributed by atoms with Crippen LogP contribution < -0.4 is 10.4 Å². The summed E-state index contributed by atoms with van der Waals surface area (Å²) in [6.45, 7) is 4.43. The van der Waals surface area contributed by atoms with Crippen LogP contribution in [0.4, 0.5) is 4.39 Å². The lowest BCUT2D eigenvalue weighted by Crippen LogP contribution is -2.43. The van der Waals surface area contributed by atoms with Crippen molar-refractivity contribution in [1.82, 2.24) is 0 Å². The van der Waals surface area contributed by atoms with E-state index in [1.54, 1.807) is 12.1 Å². The molecular weight excluding hydrogens is 359 g/mol. The summed E-state index contributed by atoms with van der Waals surface area (Å²) >= 11 is 0. The fourth-order valence-corrected chi connectivity index (χ4v) is 4.95. The quantitative estimate of drug-likeness (QED) is 0.583. The fourth-order valence-electron chi connectivity index (χ4n) is 4.95. The molecule has 0 N–H and O–H groups in total. The molecule has 1 unspecified atom stereocenters. The van der Waals surface area contributed by atoms with Crippen molar-refractivity contribution >= 4 is 17.9 Å². The Morgan fingerprint density at radius 3 is 2.48 bits per heavy atom. The number of hydrogen-bond donors (Lipinski definition) is 0. The first-order valence-electron chi connectivity index (χ1n) is 10.2. The average molecular weight is 382 g/mol. The molecule has 0 aliphatic heterocycles. The van der Waals surface area contributed by atoms with Crippen molar-refractivity contribution in [3.8, 4) is 11.1 Å². The van der Waals surface area contributed by atoms with Crippen LogP contribution in [-0.4, -0.2) is 5.78 Å². The highest BCUT2D eigenvalue weighted by atomic mass is 19.1. The topological polar surface area (TPSA) is 17.1 Å². The zero-order valence-electron chi connectivity index (χ0n) is 16.7. The summed E-state index contributed by atoms with van der Waals surface area (Å²) in [6, 6.07) is 18.9. The van der Waals surface area contributed by atoms with Crippen LogP contribution in [0, 0.1) is 11.7 Å². The van der Waals surface area contributed by atoms with Crippen molar-refractivity contribution < 1.29 is 9.18 Å². The maximum atomic E-state index is 13.3. The van der Waals surface area contributed by atoms with E-state index >= 15 is 0 Å². The Bertz CT molecular complexity index is 1250. The summed E-state index contributed by atoms with van der Waals surface area (Å²) in [7, 11) is 0. The zero-order chi connectivity index (χ0) is 20.2. The largest absolute Gasteiger partial charge is 0.294 e.